The lowest BCUT2D eigenvalue weighted by Crippen LogP contribution is -2.53. The standard InChI is InChI=1S/C18H19N5O3/c24-16(12-23-17(25)13-26-14-4-3-7-20-18(14)23)22-10-8-21(9-11-22)15-5-1-2-6-19-15/h1-7H,8-13H2. The molecule has 2 amide bonds. The number of piperazine rings is 1. The summed E-state index contributed by atoms with van der Waals surface area (Å²) in [5.74, 6) is 1.51. The SMILES string of the molecule is O=C(CN1C(=O)COc2cccnc21)N1CCN(c2ccccn2)CC1. The van der Waals surface area contributed by atoms with Crippen molar-refractivity contribution in [1.82, 2.24) is 14.9 Å². The van der Waals surface area contributed by atoms with Crippen molar-refractivity contribution in [2.75, 3.05) is 49.1 Å². The normalized spacial score (nSPS) is 16.9. The van der Waals surface area contributed by atoms with Crippen molar-refractivity contribution >= 4 is 23.5 Å². The van der Waals surface area contributed by atoms with Gasteiger partial charge in [-0.05, 0) is 24.3 Å². The van der Waals surface area contributed by atoms with E-state index < -0.39 is 0 Å². The molecule has 0 saturated carbocycles. The molecule has 4 rings (SSSR count). The van der Waals surface area contributed by atoms with Gasteiger partial charge in [0, 0.05) is 38.6 Å². The fourth-order valence-electron chi connectivity index (χ4n) is 3.16. The van der Waals surface area contributed by atoms with Crippen LogP contribution in [0.25, 0.3) is 0 Å². The third-order valence-corrected chi connectivity index (χ3v) is 4.56. The van der Waals surface area contributed by atoms with Crippen LogP contribution in [0.5, 0.6) is 5.75 Å². The largest absolute Gasteiger partial charge is 0.480 e. The molecule has 0 spiro atoms. The van der Waals surface area contributed by atoms with E-state index in [0.29, 0.717) is 37.7 Å². The van der Waals surface area contributed by atoms with Crippen LogP contribution in [0, 0.1) is 0 Å². The van der Waals surface area contributed by atoms with E-state index in [2.05, 4.69) is 14.9 Å². The number of aromatic nitrogens is 2. The van der Waals surface area contributed by atoms with Gasteiger partial charge in [0.25, 0.3) is 5.91 Å². The van der Waals surface area contributed by atoms with Gasteiger partial charge in [-0.2, -0.15) is 0 Å². The fraction of sp³-hybridized carbons (Fsp3) is 0.333. The number of carbonyl (C=O) groups is 2. The number of amides is 2. The summed E-state index contributed by atoms with van der Waals surface area (Å²) in [4.78, 5) is 38.8. The van der Waals surface area contributed by atoms with Gasteiger partial charge < -0.3 is 14.5 Å². The van der Waals surface area contributed by atoms with Crippen molar-refractivity contribution < 1.29 is 14.3 Å². The van der Waals surface area contributed by atoms with Crippen LogP contribution in [0.2, 0.25) is 0 Å². The molecule has 1 saturated heterocycles. The maximum Gasteiger partial charge on any atom is 0.266 e. The smallest absolute Gasteiger partial charge is 0.266 e. The van der Waals surface area contributed by atoms with Gasteiger partial charge in [0.05, 0.1) is 0 Å². The summed E-state index contributed by atoms with van der Waals surface area (Å²) in [6.45, 7) is 2.55. The maximum atomic E-state index is 12.7. The molecular weight excluding hydrogens is 334 g/mol. The summed E-state index contributed by atoms with van der Waals surface area (Å²) < 4.78 is 5.36. The van der Waals surface area contributed by atoms with E-state index in [-0.39, 0.29) is 25.0 Å². The molecule has 0 atom stereocenters. The van der Waals surface area contributed by atoms with Crippen molar-refractivity contribution in [2.45, 2.75) is 0 Å². The monoisotopic (exact) mass is 353 g/mol. The van der Waals surface area contributed by atoms with E-state index in [9.17, 15) is 9.59 Å². The molecule has 26 heavy (non-hydrogen) atoms. The lowest BCUT2D eigenvalue weighted by Gasteiger charge is -2.36. The highest BCUT2D eigenvalue weighted by Gasteiger charge is 2.31. The molecule has 8 heteroatoms. The van der Waals surface area contributed by atoms with Crippen molar-refractivity contribution in [3.8, 4) is 5.75 Å². The maximum absolute atomic E-state index is 12.7. The first kappa shape index (κ1) is 16.3. The van der Waals surface area contributed by atoms with Crippen LogP contribution in [0.4, 0.5) is 11.6 Å². The zero-order valence-electron chi connectivity index (χ0n) is 14.2. The van der Waals surface area contributed by atoms with Crippen LogP contribution >= 0.6 is 0 Å². The van der Waals surface area contributed by atoms with Crippen LogP contribution in [0.1, 0.15) is 0 Å². The fourth-order valence-corrected chi connectivity index (χ4v) is 3.16. The predicted octanol–water partition coefficient (Wildman–Crippen LogP) is 0.551. The summed E-state index contributed by atoms with van der Waals surface area (Å²) >= 11 is 0. The Morgan fingerprint density at radius 3 is 2.62 bits per heavy atom. The molecule has 0 aliphatic carbocycles. The number of fused-ring (bicyclic) bond motifs is 1. The van der Waals surface area contributed by atoms with Gasteiger partial charge in [0.15, 0.2) is 18.2 Å². The zero-order valence-corrected chi connectivity index (χ0v) is 14.2. The van der Waals surface area contributed by atoms with Crippen LogP contribution in [0.3, 0.4) is 0 Å². The molecule has 8 nitrogen and oxygen atoms in total. The molecule has 1 fully saturated rings. The van der Waals surface area contributed by atoms with E-state index in [1.807, 2.05) is 18.2 Å². The lowest BCUT2D eigenvalue weighted by atomic mass is 10.2. The molecular formula is C18H19N5O3. The Hall–Kier alpha value is -3.16. The number of anilines is 2. The first-order chi connectivity index (χ1) is 12.7. The Balaban J connectivity index is 1.40. The van der Waals surface area contributed by atoms with E-state index in [0.717, 1.165) is 5.82 Å². The van der Waals surface area contributed by atoms with Crippen molar-refractivity contribution in [3.05, 3.63) is 42.7 Å². The summed E-state index contributed by atoms with van der Waals surface area (Å²) in [6.07, 6.45) is 3.35. The molecule has 0 aromatic carbocycles. The van der Waals surface area contributed by atoms with Crippen LogP contribution < -0.4 is 14.5 Å². The highest BCUT2D eigenvalue weighted by atomic mass is 16.5. The lowest BCUT2D eigenvalue weighted by molar-refractivity contribution is -0.132. The molecule has 2 aromatic rings. The summed E-state index contributed by atoms with van der Waals surface area (Å²) in [5.41, 5.74) is 0. The number of rotatable bonds is 3. The van der Waals surface area contributed by atoms with Gasteiger partial charge in [-0.15, -0.1) is 0 Å². The Morgan fingerprint density at radius 2 is 1.85 bits per heavy atom. The van der Waals surface area contributed by atoms with E-state index in [1.165, 1.54) is 4.90 Å². The van der Waals surface area contributed by atoms with Gasteiger partial charge >= 0.3 is 0 Å². The summed E-state index contributed by atoms with van der Waals surface area (Å²) in [6, 6.07) is 9.29. The number of hydrogen-bond acceptors (Lipinski definition) is 6. The third-order valence-electron chi connectivity index (χ3n) is 4.56. The Labute approximate surface area is 151 Å². The van der Waals surface area contributed by atoms with Crippen molar-refractivity contribution in [2.24, 2.45) is 0 Å². The molecule has 0 radical (unpaired) electrons. The van der Waals surface area contributed by atoms with Gasteiger partial charge in [-0.25, -0.2) is 9.97 Å². The minimum Gasteiger partial charge on any atom is -0.480 e. The highest BCUT2D eigenvalue weighted by Crippen LogP contribution is 2.28. The van der Waals surface area contributed by atoms with Gasteiger partial charge in [0.2, 0.25) is 5.91 Å². The number of carbonyl (C=O) groups excluding carboxylic acids is 2. The van der Waals surface area contributed by atoms with Crippen LogP contribution in [-0.4, -0.2) is 66.0 Å². The Kier molecular flexibility index (Phi) is 4.39. The van der Waals surface area contributed by atoms with Crippen molar-refractivity contribution in [3.63, 3.8) is 0 Å². The number of pyridine rings is 2. The first-order valence-corrected chi connectivity index (χ1v) is 8.54. The second-order valence-electron chi connectivity index (χ2n) is 6.15. The quantitative estimate of drug-likeness (QED) is 0.802. The summed E-state index contributed by atoms with van der Waals surface area (Å²) in [7, 11) is 0. The van der Waals surface area contributed by atoms with Crippen LogP contribution in [-0.2, 0) is 9.59 Å². The molecule has 0 unspecified atom stereocenters. The second kappa shape index (κ2) is 6.99. The second-order valence-corrected chi connectivity index (χ2v) is 6.15. The molecule has 2 aliphatic rings. The van der Waals surface area contributed by atoms with Gasteiger partial charge in [-0.3, -0.25) is 14.5 Å². The third kappa shape index (κ3) is 3.17. The number of hydrogen-bond donors (Lipinski definition) is 0. The highest BCUT2D eigenvalue weighted by molar-refractivity contribution is 6.01. The predicted molar refractivity (Wildman–Crippen MR) is 95.1 cm³/mol. The minimum absolute atomic E-state index is 0.0181. The molecule has 2 aliphatic heterocycles. The van der Waals surface area contributed by atoms with E-state index in [1.54, 1.807) is 29.4 Å². The average Bonchev–Trinajstić information content (AvgIpc) is 2.71. The van der Waals surface area contributed by atoms with E-state index >= 15 is 0 Å². The average molecular weight is 353 g/mol. The molecule has 4 heterocycles. The Bertz CT molecular complexity index is 805. The van der Waals surface area contributed by atoms with Gasteiger partial charge in [-0.1, -0.05) is 6.07 Å². The molecule has 2 aromatic heterocycles. The zero-order chi connectivity index (χ0) is 17.9. The molecule has 134 valence electrons. The number of ether oxygens (including phenoxy) is 1. The minimum atomic E-state index is -0.253. The first-order valence-electron chi connectivity index (χ1n) is 8.54. The molecule has 0 bridgehead atoms. The Morgan fingerprint density at radius 1 is 1.04 bits per heavy atom. The number of nitrogens with zero attached hydrogens (tertiary/aromatic N) is 5. The van der Waals surface area contributed by atoms with Crippen molar-refractivity contribution in [1.29, 1.82) is 0 Å². The molecule has 0 N–H and O–H groups in total. The van der Waals surface area contributed by atoms with E-state index in [4.69, 9.17) is 4.74 Å². The topological polar surface area (TPSA) is 78.9 Å². The van der Waals surface area contributed by atoms with Crippen LogP contribution in [0.15, 0.2) is 42.7 Å². The summed E-state index contributed by atoms with van der Waals surface area (Å²) in [5, 5.41) is 0. The van der Waals surface area contributed by atoms with Gasteiger partial charge in [0.1, 0.15) is 12.4 Å².